The molecule has 0 saturated heterocycles. The molecule has 0 fully saturated rings. The third-order valence-corrected chi connectivity index (χ3v) is 5.07. The Morgan fingerprint density at radius 1 is 1.22 bits per heavy atom. The van der Waals surface area contributed by atoms with Crippen molar-refractivity contribution in [2.24, 2.45) is 0 Å². The summed E-state index contributed by atoms with van der Waals surface area (Å²) in [5.41, 5.74) is 0.246. The average molecular weight is 459 g/mol. The fraction of sp³-hybridized carbons (Fsp3) is 0.182. The molecular weight excluding hydrogens is 442 g/mol. The minimum absolute atomic E-state index is 0.107. The van der Waals surface area contributed by atoms with Gasteiger partial charge in [0.05, 0.1) is 29.4 Å². The van der Waals surface area contributed by atoms with Gasteiger partial charge in [0.25, 0.3) is 5.91 Å². The molecule has 0 spiro atoms. The molecule has 2 N–H and O–H groups in total. The second kappa shape index (κ2) is 9.37. The third-order valence-electron chi connectivity index (χ3n) is 4.72. The average Bonchev–Trinajstić information content (AvgIpc) is 2.79. The highest BCUT2D eigenvalue weighted by Crippen LogP contribution is 2.31. The van der Waals surface area contributed by atoms with Crippen LogP contribution in [0.1, 0.15) is 22.5 Å². The van der Waals surface area contributed by atoms with Crippen LogP contribution < -0.4 is 5.32 Å². The van der Waals surface area contributed by atoms with Crippen molar-refractivity contribution in [3.8, 4) is 11.4 Å². The standard InChI is InChI=1S/C22H17ClF2N4O3/c23-10-13-8-12(30)9-19(32-13)14-4-6-26-11-18(14)29-22(31)17-5-7-27-21(28-17)20-15(24)2-1-3-16(20)25/h1-7,9,11-13,30H,8,10H2,(H,29,31). The second-order valence-corrected chi connectivity index (χ2v) is 7.27. The normalized spacial score (nSPS) is 17.9. The first kappa shape index (κ1) is 21.8. The minimum atomic E-state index is -0.842. The van der Waals surface area contributed by atoms with Crippen LogP contribution in [0.5, 0.6) is 0 Å². The van der Waals surface area contributed by atoms with Gasteiger partial charge in [0, 0.05) is 24.4 Å². The lowest BCUT2D eigenvalue weighted by Crippen LogP contribution is -2.26. The maximum atomic E-state index is 14.1. The summed E-state index contributed by atoms with van der Waals surface area (Å²) >= 11 is 5.88. The molecule has 0 bridgehead atoms. The van der Waals surface area contributed by atoms with Crippen LogP contribution in [0, 0.1) is 11.6 Å². The van der Waals surface area contributed by atoms with E-state index in [9.17, 15) is 18.7 Å². The molecule has 2 atom stereocenters. The molecule has 1 aliphatic rings. The van der Waals surface area contributed by atoms with Crippen molar-refractivity contribution in [2.45, 2.75) is 18.6 Å². The van der Waals surface area contributed by atoms with E-state index in [1.54, 1.807) is 6.07 Å². The van der Waals surface area contributed by atoms with Crippen LogP contribution in [-0.2, 0) is 4.74 Å². The zero-order chi connectivity index (χ0) is 22.7. The van der Waals surface area contributed by atoms with E-state index in [0.29, 0.717) is 23.4 Å². The molecule has 0 saturated carbocycles. The Morgan fingerprint density at radius 2 is 2.00 bits per heavy atom. The van der Waals surface area contributed by atoms with E-state index in [-0.39, 0.29) is 23.5 Å². The summed E-state index contributed by atoms with van der Waals surface area (Å²) < 4.78 is 34.0. The van der Waals surface area contributed by atoms with Gasteiger partial charge in [0.1, 0.15) is 29.2 Å². The van der Waals surface area contributed by atoms with Crippen LogP contribution in [-0.4, -0.2) is 44.1 Å². The lowest BCUT2D eigenvalue weighted by molar-refractivity contribution is 0.0940. The number of carbonyl (C=O) groups is 1. The van der Waals surface area contributed by atoms with Gasteiger partial charge in [-0.25, -0.2) is 18.7 Å². The summed E-state index contributed by atoms with van der Waals surface area (Å²) in [5, 5.41) is 12.7. The van der Waals surface area contributed by atoms with Crippen molar-refractivity contribution in [3.63, 3.8) is 0 Å². The maximum Gasteiger partial charge on any atom is 0.274 e. The Hall–Kier alpha value is -3.43. The van der Waals surface area contributed by atoms with Gasteiger partial charge in [-0.05, 0) is 30.3 Å². The van der Waals surface area contributed by atoms with Gasteiger partial charge < -0.3 is 15.2 Å². The number of nitrogens with zero attached hydrogens (tertiary/aromatic N) is 3. The van der Waals surface area contributed by atoms with Crippen molar-refractivity contribution in [2.75, 3.05) is 11.2 Å². The number of aromatic nitrogens is 3. The summed E-state index contributed by atoms with van der Waals surface area (Å²) in [6.45, 7) is 0. The van der Waals surface area contributed by atoms with Crippen LogP contribution in [0.2, 0.25) is 0 Å². The van der Waals surface area contributed by atoms with E-state index in [4.69, 9.17) is 16.3 Å². The quantitative estimate of drug-likeness (QED) is 0.564. The summed E-state index contributed by atoms with van der Waals surface area (Å²) in [6.07, 6.45) is 4.90. The predicted octanol–water partition coefficient (Wildman–Crippen LogP) is 3.80. The number of rotatable bonds is 5. The number of ether oxygens (including phenoxy) is 1. The van der Waals surface area contributed by atoms with E-state index in [2.05, 4.69) is 20.3 Å². The molecule has 4 rings (SSSR count). The number of pyridine rings is 1. The first-order valence-electron chi connectivity index (χ1n) is 9.62. The first-order chi connectivity index (χ1) is 15.5. The Balaban J connectivity index is 1.63. The summed E-state index contributed by atoms with van der Waals surface area (Å²) in [6, 6.07) is 6.32. The number of amides is 1. The van der Waals surface area contributed by atoms with Crippen molar-refractivity contribution in [1.82, 2.24) is 15.0 Å². The Morgan fingerprint density at radius 3 is 2.75 bits per heavy atom. The fourth-order valence-corrected chi connectivity index (χ4v) is 3.43. The molecule has 164 valence electrons. The molecule has 3 aromatic rings. The molecule has 7 nitrogen and oxygen atoms in total. The van der Waals surface area contributed by atoms with Crippen LogP contribution in [0.15, 0.2) is 55.0 Å². The minimum Gasteiger partial charge on any atom is -0.489 e. The van der Waals surface area contributed by atoms with Crippen molar-refractivity contribution in [1.29, 1.82) is 0 Å². The number of hydrogen-bond acceptors (Lipinski definition) is 6. The lowest BCUT2D eigenvalue weighted by Gasteiger charge is -2.27. The molecular formula is C22H17ClF2N4O3. The Labute approximate surface area is 186 Å². The molecule has 1 amide bonds. The van der Waals surface area contributed by atoms with Crippen LogP contribution in [0.4, 0.5) is 14.5 Å². The van der Waals surface area contributed by atoms with Crippen LogP contribution in [0.3, 0.4) is 0 Å². The largest absolute Gasteiger partial charge is 0.489 e. The zero-order valence-electron chi connectivity index (χ0n) is 16.5. The first-order valence-corrected chi connectivity index (χ1v) is 10.2. The highest BCUT2D eigenvalue weighted by atomic mass is 35.5. The van der Waals surface area contributed by atoms with E-state index in [1.807, 2.05) is 0 Å². The SMILES string of the molecule is O=C(Nc1cnccc1C1=CC(O)CC(CCl)O1)c1ccnc(-c2c(F)cccc2F)n1. The number of halogens is 3. The smallest absolute Gasteiger partial charge is 0.274 e. The van der Waals surface area contributed by atoms with Crippen LogP contribution in [0.25, 0.3) is 17.1 Å². The van der Waals surface area contributed by atoms with Gasteiger partial charge in [0.2, 0.25) is 0 Å². The predicted molar refractivity (Wildman–Crippen MR) is 114 cm³/mol. The number of alkyl halides is 1. The van der Waals surface area contributed by atoms with Gasteiger partial charge >= 0.3 is 0 Å². The third kappa shape index (κ3) is 4.58. The number of anilines is 1. The molecule has 1 aliphatic heterocycles. The van der Waals surface area contributed by atoms with E-state index in [0.717, 1.165) is 12.1 Å². The number of aliphatic hydroxyl groups excluding tert-OH is 1. The van der Waals surface area contributed by atoms with E-state index in [1.165, 1.54) is 36.8 Å². The Bertz CT molecular complexity index is 1170. The number of nitrogens with one attached hydrogen (secondary N) is 1. The van der Waals surface area contributed by atoms with E-state index < -0.39 is 29.2 Å². The molecule has 0 aliphatic carbocycles. The van der Waals surface area contributed by atoms with Crippen molar-refractivity contribution in [3.05, 3.63) is 77.9 Å². The monoisotopic (exact) mass is 458 g/mol. The van der Waals surface area contributed by atoms with Gasteiger partial charge in [-0.15, -0.1) is 11.6 Å². The van der Waals surface area contributed by atoms with Crippen LogP contribution >= 0.6 is 11.6 Å². The molecule has 32 heavy (non-hydrogen) atoms. The highest BCUT2D eigenvalue weighted by Gasteiger charge is 2.25. The van der Waals surface area contributed by atoms with Crippen molar-refractivity contribution < 1.29 is 23.4 Å². The number of carbonyl (C=O) groups excluding carboxylic acids is 1. The lowest BCUT2D eigenvalue weighted by atomic mass is 10.0. The molecule has 10 heteroatoms. The number of aliphatic hydroxyl groups is 1. The maximum absolute atomic E-state index is 14.1. The summed E-state index contributed by atoms with van der Waals surface area (Å²) in [5.74, 6) is -2.05. The molecule has 2 aromatic heterocycles. The van der Waals surface area contributed by atoms with Gasteiger partial charge in [-0.1, -0.05) is 6.07 Å². The molecule has 1 aromatic carbocycles. The second-order valence-electron chi connectivity index (χ2n) is 6.97. The summed E-state index contributed by atoms with van der Waals surface area (Å²) in [7, 11) is 0. The van der Waals surface area contributed by atoms with E-state index >= 15 is 0 Å². The zero-order valence-corrected chi connectivity index (χ0v) is 17.3. The molecule has 0 radical (unpaired) electrons. The number of benzene rings is 1. The highest BCUT2D eigenvalue weighted by molar-refractivity contribution is 6.18. The topological polar surface area (TPSA) is 97.2 Å². The summed E-state index contributed by atoms with van der Waals surface area (Å²) in [4.78, 5) is 24.8. The Kier molecular flexibility index (Phi) is 6.38. The van der Waals surface area contributed by atoms with Gasteiger partial charge in [0.15, 0.2) is 5.82 Å². The molecule has 2 unspecified atom stereocenters. The molecule has 3 heterocycles. The van der Waals surface area contributed by atoms with Gasteiger partial charge in [-0.2, -0.15) is 0 Å². The van der Waals surface area contributed by atoms with Crippen molar-refractivity contribution >= 4 is 29.0 Å². The fourth-order valence-electron chi connectivity index (χ4n) is 3.24. The van der Waals surface area contributed by atoms with Gasteiger partial charge in [-0.3, -0.25) is 9.78 Å². The number of hydrogen-bond donors (Lipinski definition) is 2.